The van der Waals surface area contributed by atoms with E-state index in [0.29, 0.717) is 0 Å². The summed E-state index contributed by atoms with van der Waals surface area (Å²) in [5.41, 5.74) is 20.6. The molecule has 358 valence electrons. The van der Waals surface area contributed by atoms with Crippen LogP contribution in [-0.2, 0) is 6.42 Å². The third-order valence-corrected chi connectivity index (χ3v) is 16.7. The molecule has 15 rings (SSSR count). The number of rotatable bonds is 9. The smallest absolute Gasteiger partial charge is 0.128 e. The van der Waals surface area contributed by atoms with Crippen molar-refractivity contribution in [2.45, 2.75) is 12.8 Å². The second kappa shape index (κ2) is 18.2. The fourth-order valence-corrected chi connectivity index (χ4v) is 13.1. The summed E-state index contributed by atoms with van der Waals surface area (Å²) in [4.78, 5) is 0. The predicted molar refractivity (Wildman–Crippen MR) is 321 cm³/mol. The van der Waals surface area contributed by atoms with Gasteiger partial charge in [0.15, 0.2) is 0 Å². The second-order valence-electron chi connectivity index (χ2n) is 19.9. The highest BCUT2D eigenvalue weighted by atomic mass is 32.1. The topological polar surface area (TPSA) is 19.1 Å². The van der Waals surface area contributed by atoms with Gasteiger partial charge in [-0.3, -0.25) is 0 Å². The van der Waals surface area contributed by atoms with Gasteiger partial charge in [-0.2, -0.15) is 0 Å². The Balaban J connectivity index is 0.815. The van der Waals surface area contributed by atoms with Gasteiger partial charge in [0.25, 0.3) is 0 Å². The van der Waals surface area contributed by atoms with E-state index in [4.69, 9.17) is 4.74 Å². The molecule has 0 N–H and O–H groups in total. The van der Waals surface area contributed by atoms with Crippen molar-refractivity contribution >= 4 is 75.9 Å². The number of ether oxygens (including phenoxy) is 1. The maximum atomic E-state index is 6.98. The summed E-state index contributed by atoms with van der Waals surface area (Å²) in [6.07, 6.45) is 4.31. The van der Waals surface area contributed by atoms with E-state index in [1.54, 1.807) is 0 Å². The Morgan fingerprint density at radius 3 is 1.53 bits per heavy atom. The van der Waals surface area contributed by atoms with Crippen LogP contribution in [0, 0.1) is 0 Å². The normalized spacial score (nSPS) is 12.4. The Bertz CT molecular complexity index is 4560. The average Bonchev–Trinajstić information content (AvgIpc) is 4.17. The van der Waals surface area contributed by atoms with Gasteiger partial charge in [0.05, 0.1) is 16.6 Å². The molecule has 3 heterocycles. The first-order valence-corrected chi connectivity index (χ1v) is 27.0. The van der Waals surface area contributed by atoms with Crippen molar-refractivity contribution in [2.24, 2.45) is 0 Å². The minimum atomic E-state index is 0.795. The Labute approximate surface area is 445 Å². The lowest BCUT2D eigenvalue weighted by molar-refractivity contribution is 0.484. The largest absolute Gasteiger partial charge is 0.457 e. The Morgan fingerprint density at radius 1 is 0.329 bits per heavy atom. The summed E-state index contributed by atoms with van der Waals surface area (Å²) in [5, 5.41) is 6.12. The van der Waals surface area contributed by atoms with Gasteiger partial charge in [-0.1, -0.05) is 176 Å². The minimum absolute atomic E-state index is 0.795. The summed E-state index contributed by atoms with van der Waals surface area (Å²) in [5.74, 6) is 1.60. The van der Waals surface area contributed by atoms with E-state index in [2.05, 4.69) is 276 Å². The van der Waals surface area contributed by atoms with Crippen molar-refractivity contribution in [3.05, 3.63) is 278 Å². The van der Waals surface area contributed by atoms with E-state index >= 15 is 0 Å². The van der Waals surface area contributed by atoms with Crippen LogP contribution in [0.15, 0.2) is 261 Å². The number of nitrogens with zero attached hydrogens (tertiary/aromatic N) is 2. The summed E-state index contributed by atoms with van der Waals surface area (Å²) in [7, 11) is 0. The van der Waals surface area contributed by atoms with Gasteiger partial charge in [0.1, 0.15) is 11.5 Å². The van der Waals surface area contributed by atoms with Crippen molar-refractivity contribution in [3.8, 4) is 67.4 Å². The van der Waals surface area contributed by atoms with Crippen LogP contribution >= 0.6 is 11.3 Å². The summed E-state index contributed by atoms with van der Waals surface area (Å²) >= 11 is 1.87. The molecule has 14 aromatic rings. The van der Waals surface area contributed by atoms with Crippen LogP contribution in [0.4, 0.5) is 0 Å². The number of thiophene rings is 1. The van der Waals surface area contributed by atoms with Crippen molar-refractivity contribution in [3.63, 3.8) is 0 Å². The molecule has 0 unspecified atom stereocenters. The molecule has 0 saturated heterocycles. The molecule has 4 heteroatoms. The number of aromatic nitrogens is 2. The van der Waals surface area contributed by atoms with Gasteiger partial charge >= 0.3 is 0 Å². The Kier molecular flexibility index (Phi) is 10.5. The highest BCUT2D eigenvalue weighted by molar-refractivity contribution is 7.26. The molecule has 0 spiro atoms. The summed E-state index contributed by atoms with van der Waals surface area (Å²) in [6.45, 7) is 0. The van der Waals surface area contributed by atoms with Gasteiger partial charge in [-0.25, -0.2) is 0 Å². The first-order valence-electron chi connectivity index (χ1n) is 26.2. The monoisotopic (exact) mass is 988 g/mol. The van der Waals surface area contributed by atoms with E-state index in [-0.39, 0.29) is 0 Å². The van der Waals surface area contributed by atoms with Crippen molar-refractivity contribution in [1.82, 2.24) is 9.13 Å². The maximum Gasteiger partial charge on any atom is 0.128 e. The summed E-state index contributed by atoms with van der Waals surface area (Å²) in [6, 6.07) is 94.7. The first-order chi connectivity index (χ1) is 37.6. The van der Waals surface area contributed by atoms with Gasteiger partial charge in [0, 0.05) is 59.0 Å². The number of allylic oxidation sites excluding steroid dienone is 1. The molecule has 0 radical (unpaired) electrons. The third kappa shape index (κ3) is 7.56. The van der Waals surface area contributed by atoms with Gasteiger partial charge in [0.2, 0.25) is 0 Å². The first kappa shape index (κ1) is 44.0. The molecule has 3 aromatic heterocycles. The van der Waals surface area contributed by atoms with Crippen LogP contribution in [0.2, 0.25) is 0 Å². The Morgan fingerprint density at radius 2 is 0.829 bits per heavy atom. The van der Waals surface area contributed by atoms with E-state index in [1.807, 2.05) is 11.3 Å². The minimum Gasteiger partial charge on any atom is -0.457 e. The summed E-state index contributed by atoms with van der Waals surface area (Å²) < 4.78 is 14.5. The van der Waals surface area contributed by atoms with Gasteiger partial charge in [-0.15, -0.1) is 11.3 Å². The highest BCUT2D eigenvalue weighted by Crippen LogP contribution is 2.44. The van der Waals surface area contributed by atoms with Gasteiger partial charge < -0.3 is 13.9 Å². The quantitative estimate of drug-likeness (QED) is 0.141. The van der Waals surface area contributed by atoms with Crippen molar-refractivity contribution < 1.29 is 4.74 Å². The molecule has 1 aliphatic carbocycles. The molecule has 3 nitrogen and oxygen atoms in total. The SMILES string of the molecule is C1=C(c2ccccc2)CCc2c1c1cc(Oc3ccc4c(c3)c3cc(-c5ccccc5)ccc3n4-c3ccc(-c4cccc5c4sc4ccccc45)cc3)ccc1n2-c1ccc(-c2cccc(-c3ccccc3)c2)cc1. The number of hydrogen-bond acceptors (Lipinski definition) is 2. The number of benzene rings is 11. The lowest BCUT2D eigenvalue weighted by Gasteiger charge is -2.18. The zero-order valence-corrected chi connectivity index (χ0v) is 42.3. The molecular formula is C72H48N2OS. The molecule has 0 fully saturated rings. The molecule has 11 aromatic carbocycles. The van der Waals surface area contributed by atoms with E-state index in [0.717, 1.165) is 52.1 Å². The number of hydrogen-bond donors (Lipinski definition) is 0. The average molecular weight is 989 g/mol. The van der Waals surface area contributed by atoms with Crippen molar-refractivity contribution in [2.75, 3.05) is 0 Å². The lowest BCUT2D eigenvalue weighted by Crippen LogP contribution is -2.05. The second-order valence-corrected chi connectivity index (χ2v) is 21.0. The fourth-order valence-electron chi connectivity index (χ4n) is 11.9. The van der Waals surface area contributed by atoms with Crippen LogP contribution in [-0.4, -0.2) is 9.13 Å². The van der Waals surface area contributed by atoms with Crippen LogP contribution in [0.3, 0.4) is 0 Å². The zero-order chi connectivity index (χ0) is 50.1. The van der Waals surface area contributed by atoms with Crippen LogP contribution < -0.4 is 4.74 Å². The van der Waals surface area contributed by atoms with Crippen LogP contribution in [0.1, 0.15) is 23.2 Å². The molecule has 76 heavy (non-hydrogen) atoms. The van der Waals surface area contributed by atoms with E-state index < -0.39 is 0 Å². The Hall–Kier alpha value is -9.48. The lowest BCUT2D eigenvalue weighted by atomic mass is 9.91. The third-order valence-electron chi connectivity index (χ3n) is 15.5. The molecular weight excluding hydrogens is 941 g/mol. The maximum absolute atomic E-state index is 6.98. The number of fused-ring (bicyclic) bond motifs is 9. The molecule has 0 amide bonds. The van der Waals surface area contributed by atoms with Crippen molar-refractivity contribution in [1.29, 1.82) is 0 Å². The zero-order valence-electron chi connectivity index (χ0n) is 41.5. The molecule has 0 bridgehead atoms. The molecule has 0 aliphatic heterocycles. The highest BCUT2D eigenvalue weighted by Gasteiger charge is 2.23. The van der Waals surface area contributed by atoms with Gasteiger partial charge in [-0.05, 0) is 159 Å². The van der Waals surface area contributed by atoms with E-state index in [9.17, 15) is 0 Å². The molecule has 0 atom stereocenters. The molecule has 0 saturated carbocycles. The molecule has 1 aliphatic rings. The fraction of sp³-hybridized carbons (Fsp3) is 0.0278. The standard InChI is InChI=1S/C72H48N2OS/c1-4-14-47(15-5-1)52-20-12-21-53(42-52)50-26-32-56(33-27-50)73-67-38-30-54(48-16-6-2-7-17-48)43-63(67)65-45-58(36-40-69(65)73)75-59-37-41-70-66(46-59)64-44-55(49-18-8-3-9-19-49)31-39-68(64)74(70)57-34-28-51(29-35-57)60-23-13-24-62-61-22-10-11-25-71(61)76-72(60)62/h1-29,31-37,39-46H,30,38H2. The van der Waals surface area contributed by atoms with Crippen LogP contribution in [0.5, 0.6) is 11.5 Å². The predicted octanol–water partition coefficient (Wildman–Crippen LogP) is 20.0. The van der Waals surface area contributed by atoms with E-state index in [1.165, 1.54) is 103 Å². The van der Waals surface area contributed by atoms with Crippen LogP contribution in [0.25, 0.3) is 120 Å².